The van der Waals surface area contributed by atoms with Gasteiger partial charge in [0, 0.05) is 17.7 Å². The molecule has 10 nitrogen and oxygen atoms in total. The van der Waals surface area contributed by atoms with Crippen LogP contribution >= 0.6 is 0 Å². The van der Waals surface area contributed by atoms with Crippen LogP contribution in [-0.2, 0) is 13.0 Å². The van der Waals surface area contributed by atoms with Crippen LogP contribution in [0.4, 0.5) is 10.5 Å². The molecule has 1 unspecified atom stereocenters. The van der Waals surface area contributed by atoms with Crippen molar-refractivity contribution in [1.29, 1.82) is 0 Å². The van der Waals surface area contributed by atoms with Crippen molar-refractivity contribution in [2.75, 3.05) is 12.1 Å². The second kappa shape index (κ2) is 7.41. The van der Waals surface area contributed by atoms with E-state index in [9.17, 15) is 4.79 Å². The number of hydrogen-bond donors (Lipinski definition) is 2. The van der Waals surface area contributed by atoms with Crippen molar-refractivity contribution < 1.29 is 18.8 Å². The fourth-order valence-electron chi connectivity index (χ4n) is 3.91. The number of fused-ring (bicyclic) bond motifs is 2. The van der Waals surface area contributed by atoms with Crippen LogP contribution in [0.5, 0.6) is 11.5 Å². The van der Waals surface area contributed by atoms with Gasteiger partial charge in [0.25, 0.3) is 0 Å². The molecule has 0 fully saturated rings. The number of benzene rings is 2. The van der Waals surface area contributed by atoms with Gasteiger partial charge in [0.05, 0.1) is 24.3 Å². The van der Waals surface area contributed by atoms with Crippen molar-refractivity contribution >= 4 is 11.7 Å². The van der Waals surface area contributed by atoms with Crippen molar-refractivity contribution in [2.24, 2.45) is 0 Å². The van der Waals surface area contributed by atoms with Gasteiger partial charge in [0.15, 0.2) is 11.5 Å². The van der Waals surface area contributed by atoms with E-state index < -0.39 is 6.04 Å². The summed E-state index contributed by atoms with van der Waals surface area (Å²) in [4.78, 5) is 26.9. The predicted octanol–water partition coefficient (Wildman–Crippen LogP) is 3.52. The largest absolute Gasteiger partial charge is 0.454 e. The number of para-hydroxylation sites is 1. The maximum absolute atomic E-state index is 13.1. The highest BCUT2D eigenvalue weighted by molar-refractivity contribution is 5.89. The monoisotopic (exact) mass is 430 g/mol. The maximum atomic E-state index is 13.1. The first kappa shape index (κ1) is 18.4. The number of urea groups is 1. The number of anilines is 1. The zero-order valence-electron chi connectivity index (χ0n) is 16.8. The number of H-pyrrole nitrogens is 1. The third kappa shape index (κ3) is 3.22. The molecule has 10 heteroatoms. The highest BCUT2D eigenvalue weighted by atomic mass is 16.7. The summed E-state index contributed by atoms with van der Waals surface area (Å²) in [6.45, 7) is 0.538. The Morgan fingerprint density at radius 1 is 1.12 bits per heavy atom. The van der Waals surface area contributed by atoms with Gasteiger partial charge in [-0.3, -0.25) is 0 Å². The highest BCUT2D eigenvalue weighted by Gasteiger charge is 2.36. The Labute approximate surface area is 182 Å². The Hall–Kier alpha value is -4.34. The van der Waals surface area contributed by atoms with E-state index in [1.807, 2.05) is 48.5 Å². The molecule has 0 saturated heterocycles. The summed E-state index contributed by atoms with van der Waals surface area (Å²) in [6.07, 6.45) is 2.09. The predicted molar refractivity (Wildman–Crippen MR) is 112 cm³/mol. The third-order valence-electron chi connectivity index (χ3n) is 5.54. The molecule has 0 aliphatic carbocycles. The summed E-state index contributed by atoms with van der Waals surface area (Å²) in [5, 5.41) is 7.07. The van der Waals surface area contributed by atoms with E-state index in [0.29, 0.717) is 41.9 Å². The van der Waals surface area contributed by atoms with Crippen molar-refractivity contribution in [1.82, 2.24) is 25.0 Å². The van der Waals surface area contributed by atoms with Crippen LogP contribution in [0.1, 0.15) is 23.3 Å². The van der Waals surface area contributed by atoms with Crippen LogP contribution < -0.4 is 14.8 Å². The Morgan fingerprint density at radius 2 is 2.00 bits per heavy atom. The number of rotatable bonds is 3. The Kier molecular flexibility index (Phi) is 4.27. The van der Waals surface area contributed by atoms with Crippen LogP contribution in [0.25, 0.3) is 11.4 Å². The topological polar surface area (TPSA) is 118 Å². The number of nitrogens with zero attached hydrogens (tertiary/aromatic N) is 4. The van der Waals surface area contributed by atoms with Crippen molar-refractivity contribution in [3.8, 4) is 22.9 Å². The molecule has 32 heavy (non-hydrogen) atoms. The van der Waals surface area contributed by atoms with E-state index in [0.717, 1.165) is 17.0 Å². The molecule has 2 aliphatic heterocycles. The Morgan fingerprint density at radius 3 is 2.91 bits per heavy atom. The maximum Gasteiger partial charge on any atom is 0.322 e. The molecular formula is C22H18N6O4. The number of aromatic amines is 1. The first-order valence-corrected chi connectivity index (χ1v) is 10.1. The molecule has 0 bridgehead atoms. The van der Waals surface area contributed by atoms with Gasteiger partial charge in [-0.2, -0.15) is 4.98 Å². The summed E-state index contributed by atoms with van der Waals surface area (Å²) in [7, 11) is 0. The van der Waals surface area contributed by atoms with Crippen LogP contribution in [0.2, 0.25) is 0 Å². The molecule has 2 N–H and O–H groups in total. The first-order chi connectivity index (χ1) is 15.7. The van der Waals surface area contributed by atoms with E-state index >= 15 is 0 Å². The van der Waals surface area contributed by atoms with Gasteiger partial charge < -0.3 is 29.2 Å². The van der Waals surface area contributed by atoms with Crippen LogP contribution in [-0.4, -0.2) is 37.8 Å². The lowest BCUT2D eigenvalue weighted by atomic mass is 10.0. The SMILES string of the molecule is O=C(Nc1ccccc1)N1Cc2[nH]cnc2CC1c1nc(-c2ccc3c(c2)OCO3)no1. The molecule has 2 aromatic heterocycles. The Bertz CT molecular complexity index is 1280. The van der Waals surface area contributed by atoms with E-state index in [2.05, 4.69) is 25.4 Å². The number of carbonyl (C=O) groups is 1. The van der Waals surface area contributed by atoms with Gasteiger partial charge in [-0.05, 0) is 30.3 Å². The summed E-state index contributed by atoms with van der Waals surface area (Å²) >= 11 is 0. The zero-order chi connectivity index (χ0) is 21.5. The van der Waals surface area contributed by atoms with Gasteiger partial charge >= 0.3 is 6.03 Å². The minimum absolute atomic E-state index is 0.190. The normalized spacial score (nSPS) is 16.6. The molecule has 6 rings (SSSR count). The van der Waals surface area contributed by atoms with Gasteiger partial charge in [0.1, 0.15) is 6.04 Å². The molecule has 0 radical (unpaired) electrons. The lowest BCUT2D eigenvalue weighted by Gasteiger charge is -2.32. The van der Waals surface area contributed by atoms with Gasteiger partial charge in [-0.25, -0.2) is 9.78 Å². The fourth-order valence-corrected chi connectivity index (χ4v) is 3.91. The average molecular weight is 430 g/mol. The number of imidazole rings is 1. The number of amides is 2. The van der Waals surface area contributed by atoms with Crippen LogP contribution in [0, 0.1) is 0 Å². The molecule has 0 spiro atoms. The zero-order valence-corrected chi connectivity index (χ0v) is 16.8. The number of nitrogens with one attached hydrogen (secondary N) is 2. The highest BCUT2D eigenvalue weighted by Crippen LogP contribution is 2.36. The minimum atomic E-state index is -0.454. The smallest absolute Gasteiger partial charge is 0.322 e. The second-order valence-electron chi connectivity index (χ2n) is 7.50. The van der Waals surface area contributed by atoms with Gasteiger partial charge in [0.2, 0.25) is 18.5 Å². The molecule has 2 aromatic carbocycles. The molecule has 0 saturated carbocycles. The second-order valence-corrected chi connectivity index (χ2v) is 7.50. The van der Waals surface area contributed by atoms with Gasteiger partial charge in [-0.1, -0.05) is 23.4 Å². The number of ether oxygens (including phenoxy) is 2. The molecule has 4 heterocycles. The quantitative estimate of drug-likeness (QED) is 0.510. The Balaban J connectivity index is 1.31. The summed E-state index contributed by atoms with van der Waals surface area (Å²) in [5.74, 6) is 2.07. The number of aromatic nitrogens is 4. The minimum Gasteiger partial charge on any atom is -0.454 e. The van der Waals surface area contributed by atoms with Crippen molar-refractivity contribution in [3.05, 3.63) is 72.1 Å². The van der Waals surface area contributed by atoms with E-state index in [1.165, 1.54) is 0 Å². The lowest BCUT2D eigenvalue weighted by molar-refractivity contribution is 0.155. The summed E-state index contributed by atoms with van der Waals surface area (Å²) < 4.78 is 16.4. The summed E-state index contributed by atoms with van der Waals surface area (Å²) in [6, 6.07) is 14.0. The van der Waals surface area contributed by atoms with Crippen LogP contribution in [0.3, 0.4) is 0 Å². The van der Waals surface area contributed by atoms with E-state index in [-0.39, 0.29) is 12.8 Å². The summed E-state index contributed by atoms with van der Waals surface area (Å²) in [5.41, 5.74) is 3.21. The molecule has 160 valence electrons. The van der Waals surface area contributed by atoms with E-state index in [1.54, 1.807) is 11.2 Å². The van der Waals surface area contributed by atoms with Crippen LogP contribution in [0.15, 0.2) is 59.4 Å². The van der Waals surface area contributed by atoms with Gasteiger partial charge in [-0.15, -0.1) is 0 Å². The third-order valence-corrected chi connectivity index (χ3v) is 5.54. The molecule has 1 atom stereocenters. The van der Waals surface area contributed by atoms with Crippen molar-refractivity contribution in [3.63, 3.8) is 0 Å². The number of carbonyl (C=O) groups excluding carboxylic acids is 1. The first-order valence-electron chi connectivity index (χ1n) is 10.1. The molecule has 4 aromatic rings. The van der Waals surface area contributed by atoms with E-state index in [4.69, 9.17) is 14.0 Å². The molecule has 2 amide bonds. The standard InChI is InChI=1S/C22H18N6O4/c29-22(25-14-4-2-1-3-5-14)28-10-16-15(23-11-24-16)9-17(28)21-26-20(27-32-21)13-6-7-18-19(8-13)31-12-30-18/h1-8,11,17H,9-10,12H2,(H,23,24)(H,25,29). The number of hydrogen-bond acceptors (Lipinski definition) is 7. The average Bonchev–Trinajstić information content (AvgIpc) is 3.58. The van der Waals surface area contributed by atoms with Crippen molar-refractivity contribution in [2.45, 2.75) is 19.0 Å². The molecule has 2 aliphatic rings. The fraction of sp³-hybridized carbons (Fsp3) is 0.182. The molecular weight excluding hydrogens is 412 g/mol. The lowest BCUT2D eigenvalue weighted by Crippen LogP contribution is -2.41.